The number of carboxylic acid groups (broad SMARTS) is 1. The Kier molecular flexibility index (Phi) is 5.78. The van der Waals surface area contributed by atoms with Crippen LogP contribution >= 0.6 is 0 Å². The number of benzene rings is 2. The maximum absolute atomic E-state index is 12.7. The Bertz CT molecular complexity index is 1110. The maximum atomic E-state index is 12.7. The second-order valence-electron chi connectivity index (χ2n) is 6.01. The van der Waals surface area contributed by atoms with Gasteiger partial charge in [0.25, 0.3) is 0 Å². The number of para-hydroxylation sites is 2. The summed E-state index contributed by atoms with van der Waals surface area (Å²) in [6, 6.07) is 10.7. The van der Waals surface area contributed by atoms with Gasteiger partial charge in [0.2, 0.25) is 0 Å². The second-order valence-corrected chi connectivity index (χ2v) is 6.01. The fraction of sp³-hybridized carbons (Fsp3) is 0.100. The largest absolute Gasteiger partial charge is 0.573 e. The lowest BCUT2D eigenvalue weighted by atomic mass is 9.99. The number of alkyl halides is 6. The van der Waals surface area contributed by atoms with Crippen LogP contribution in [0.2, 0.25) is 0 Å². The molecule has 0 aliphatic carbocycles. The van der Waals surface area contributed by atoms with Gasteiger partial charge in [0.1, 0.15) is 11.5 Å². The van der Waals surface area contributed by atoms with E-state index in [1.165, 1.54) is 36.4 Å². The molecule has 0 aliphatic heterocycles. The zero-order valence-electron chi connectivity index (χ0n) is 15.2. The Balaban J connectivity index is 2.13. The average Bonchev–Trinajstić information content (AvgIpc) is 2.66. The first-order chi connectivity index (χ1) is 14.4. The standard InChI is InChI=1S/C20H11F6NO4/c21-19(22,23)30-15-7-3-1-5-12(15)11-9-14(18(28)29)17(27-10-11)13-6-2-4-8-16(13)31-20(24,25)26/h1-10H,(H,28,29). The highest BCUT2D eigenvalue weighted by atomic mass is 19.4. The molecule has 1 heterocycles. The highest BCUT2D eigenvalue weighted by Crippen LogP contribution is 2.38. The van der Waals surface area contributed by atoms with Crippen LogP contribution in [0.5, 0.6) is 11.5 Å². The van der Waals surface area contributed by atoms with E-state index in [2.05, 4.69) is 14.5 Å². The summed E-state index contributed by atoms with van der Waals surface area (Å²) < 4.78 is 84.0. The number of nitrogens with zero attached hydrogens (tertiary/aromatic N) is 1. The van der Waals surface area contributed by atoms with Crippen molar-refractivity contribution in [2.24, 2.45) is 0 Å². The number of hydrogen-bond donors (Lipinski definition) is 1. The van der Waals surface area contributed by atoms with E-state index in [0.717, 1.165) is 24.4 Å². The van der Waals surface area contributed by atoms with Crippen LogP contribution in [0, 0.1) is 0 Å². The molecule has 0 fully saturated rings. The number of pyridine rings is 1. The Morgan fingerprint density at radius 2 is 1.29 bits per heavy atom. The Hall–Kier alpha value is -3.76. The summed E-state index contributed by atoms with van der Waals surface area (Å²) in [7, 11) is 0. The van der Waals surface area contributed by atoms with E-state index in [4.69, 9.17) is 0 Å². The monoisotopic (exact) mass is 443 g/mol. The number of halogens is 6. The van der Waals surface area contributed by atoms with Gasteiger partial charge in [0, 0.05) is 22.9 Å². The topological polar surface area (TPSA) is 68.7 Å². The van der Waals surface area contributed by atoms with Crippen LogP contribution < -0.4 is 9.47 Å². The van der Waals surface area contributed by atoms with Gasteiger partial charge in [0.05, 0.1) is 11.3 Å². The molecule has 5 nitrogen and oxygen atoms in total. The zero-order chi connectivity index (χ0) is 22.8. The molecule has 0 aliphatic rings. The van der Waals surface area contributed by atoms with Crippen LogP contribution in [0.1, 0.15) is 10.4 Å². The van der Waals surface area contributed by atoms with Crippen molar-refractivity contribution in [3.8, 4) is 33.9 Å². The Morgan fingerprint density at radius 3 is 1.81 bits per heavy atom. The smallest absolute Gasteiger partial charge is 0.478 e. The van der Waals surface area contributed by atoms with Gasteiger partial charge >= 0.3 is 18.7 Å². The lowest BCUT2D eigenvalue weighted by molar-refractivity contribution is -0.275. The minimum Gasteiger partial charge on any atom is -0.478 e. The quantitative estimate of drug-likeness (QED) is 0.497. The van der Waals surface area contributed by atoms with Crippen LogP contribution in [0.15, 0.2) is 60.8 Å². The number of aromatic nitrogens is 1. The van der Waals surface area contributed by atoms with E-state index >= 15 is 0 Å². The van der Waals surface area contributed by atoms with Gasteiger partial charge in [-0.2, -0.15) is 0 Å². The highest BCUT2D eigenvalue weighted by molar-refractivity contribution is 5.97. The summed E-state index contributed by atoms with van der Waals surface area (Å²) in [5.41, 5.74) is -1.32. The molecule has 0 saturated heterocycles. The molecule has 0 spiro atoms. The molecule has 0 amide bonds. The van der Waals surface area contributed by atoms with Gasteiger partial charge in [-0.1, -0.05) is 30.3 Å². The second kappa shape index (κ2) is 8.17. The Labute approximate surface area is 170 Å². The molecule has 3 aromatic rings. The first-order valence-electron chi connectivity index (χ1n) is 8.38. The van der Waals surface area contributed by atoms with E-state index in [-0.39, 0.29) is 22.4 Å². The molecule has 1 aromatic heterocycles. The van der Waals surface area contributed by atoms with Crippen molar-refractivity contribution >= 4 is 5.97 Å². The van der Waals surface area contributed by atoms with Crippen molar-refractivity contribution in [3.05, 3.63) is 66.4 Å². The number of ether oxygens (including phenoxy) is 2. The molecule has 0 bridgehead atoms. The van der Waals surface area contributed by atoms with E-state index in [0.29, 0.717) is 0 Å². The van der Waals surface area contributed by atoms with Crippen molar-refractivity contribution < 1.29 is 45.7 Å². The van der Waals surface area contributed by atoms with Crippen LogP contribution in [0.25, 0.3) is 22.4 Å². The van der Waals surface area contributed by atoms with Crippen molar-refractivity contribution in [2.75, 3.05) is 0 Å². The summed E-state index contributed by atoms with van der Waals surface area (Å²) in [5, 5.41) is 9.56. The predicted octanol–water partition coefficient (Wildman–Crippen LogP) is 5.91. The average molecular weight is 443 g/mol. The molecular weight excluding hydrogens is 432 g/mol. The van der Waals surface area contributed by atoms with Crippen molar-refractivity contribution in [1.82, 2.24) is 4.98 Å². The molecule has 0 radical (unpaired) electrons. The number of hydrogen-bond acceptors (Lipinski definition) is 4. The molecule has 1 N–H and O–H groups in total. The molecule has 0 saturated carbocycles. The third kappa shape index (κ3) is 5.44. The maximum Gasteiger partial charge on any atom is 0.573 e. The summed E-state index contributed by atoms with van der Waals surface area (Å²) in [6.07, 6.45) is -9.00. The Morgan fingerprint density at radius 1 is 0.806 bits per heavy atom. The van der Waals surface area contributed by atoms with Gasteiger partial charge in [0.15, 0.2) is 0 Å². The molecule has 0 atom stereocenters. The normalized spacial score (nSPS) is 11.8. The van der Waals surface area contributed by atoms with Gasteiger partial charge in [-0.15, -0.1) is 26.3 Å². The lowest BCUT2D eigenvalue weighted by Gasteiger charge is -2.16. The van der Waals surface area contributed by atoms with Crippen molar-refractivity contribution in [2.45, 2.75) is 12.7 Å². The third-order valence-corrected chi connectivity index (χ3v) is 3.91. The fourth-order valence-corrected chi connectivity index (χ4v) is 2.78. The summed E-state index contributed by atoms with van der Waals surface area (Å²) in [6.45, 7) is 0. The minimum absolute atomic E-state index is 0.0461. The lowest BCUT2D eigenvalue weighted by Crippen LogP contribution is -2.18. The number of aromatic carboxylic acids is 1. The first kappa shape index (κ1) is 21.9. The molecule has 31 heavy (non-hydrogen) atoms. The SMILES string of the molecule is O=C(O)c1cc(-c2ccccc2OC(F)(F)F)cnc1-c1ccccc1OC(F)(F)F. The van der Waals surface area contributed by atoms with Crippen LogP contribution in [-0.4, -0.2) is 28.8 Å². The van der Waals surface area contributed by atoms with Gasteiger partial charge < -0.3 is 14.6 Å². The summed E-state index contributed by atoms with van der Waals surface area (Å²) >= 11 is 0. The van der Waals surface area contributed by atoms with Gasteiger partial charge in [-0.25, -0.2) is 4.79 Å². The molecule has 162 valence electrons. The van der Waals surface area contributed by atoms with E-state index in [1.54, 1.807) is 0 Å². The minimum atomic E-state index is -5.03. The van der Waals surface area contributed by atoms with Crippen molar-refractivity contribution in [3.63, 3.8) is 0 Å². The summed E-state index contributed by atoms with van der Waals surface area (Å²) in [4.78, 5) is 15.7. The predicted molar refractivity (Wildman–Crippen MR) is 95.4 cm³/mol. The molecule has 0 unspecified atom stereocenters. The van der Waals surface area contributed by atoms with Crippen LogP contribution in [-0.2, 0) is 0 Å². The number of rotatable bonds is 5. The number of carbonyl (C=O) groups is 1. The zero-order valence-corrected chi connectivity index (χ0v) is 15.2. The highest BCUT2D eigenvalue weighted by Gasteiger charge is 2.34. The fourth-order valence-electron chi connectivity index (χ4n) is 2.78. The number of carboxylic acids is 1. The van der Waals surface area contributed by atoms with Crippen molar-refractivity contribution in [1.29, 1.82) is 0 Å². The van der Waals surface area contributed by atoms with Gasteiger partial charge in [-0.05, 0) is 24.3 Å². The van der Waals surface area contributed by atoms with Crippen LogP contribution in [0.4, 0.5) is 26.3 Å². The molecule has 2 aromatic carbocycles. The third-order valence-electron chi connectivity index (χ3n) is 3.91. The molecule has 11 heteroatoms. The molecule has 3 rings (SSSR count). The van der Waals surface area contributed by atoms with E-state index in [1.807, 2.05) is 0 Å². The van der Waals surface area contributed by atoms with Crippen LogP contribution in [0.3, 0.4) is 0 Å². The first-order valence-corrected chi connectivity index (χ1v) is 8.38. The van der Waals surface area contributed by atoms with Gasteiger partial charge in [-0.3, -0.25) is 4.98 Å². The van der Waals surface area contributed by atoms with E-state index < -0.39 is 35.8 Å². The molecular formula is C20H11F6NO4. The summed E-state index contributed by atoms with van der Waals surface area (Å²) in [5.74, 6) is -2.83. The van der Waals surface area contributed by atoms with E-state index in [9.17, 15) is 36.2 Å².